The third-order valence-corrected chi connectivity index (χ3v) is 2.27. The van der Waals surface area contributed by atoms with Crippen molar-refractivity contribution in [1.82, 2.24) is 4.98 Å². The van der Waals surface area contributed by atoms with Gasteiger partial charge in [0.2, 0.25) is 0 Å². The number of nitro groups is 1. The molecule has 0 bridgehead atoms. The number of rotatable bonds is 4. The van der Waals surface area contributed by atoms with Gasteiger partial charge in [-0.25, -0.2) is 4.98 Å². The molecule has 1 heterocycles. The summed E-state index contributed by atoms with van der Waals surface area (Å²) in [5.41, 5.74) is 8.75. The van der Waals surface area contributed by atoms with Gasteiger partial charge in [-0.15, -0.1) is 0 Å². The summed E-state index contributed by atoms with van der Waals surface area (Å²) in [5.74, 6) is 5.49. The van der Waals surface area contributed by atoms with Crippen LogP contribution < -0.4 is 4.74 Å². The van der Waals surface area contributed by atoms with Crippen molar-refractivity contribution >= 4 is 5.69 Å². The van der Waals surface area contributed by atoms with Crippen LogP contribution in [0.2, 0.25) is 0 Å². The van der Waals surface area contributed by atoms with E-state index in [0.717, 1.165) is 0 Å². The van der Waals surface area contributed by atoms with Gasteiger partial charge in [0.15, 0.2) is 0 Å². The summed E-state index contributed by atoms with van der Waals surface area (Å²) >= 11 is 0. The number of nitrogens with zero attached hydrogens (tertiary/aromatic N) is 5. The van der Waals surface area contributed by atoms with Crippen LogP contribution in [0.4, 0.5) is 5.69 Å². The molecule has 0 aliphatic heterocycles. The Labute approximate surface area is 109 Å². The van der Waals surface area contributed by atoms with Gasteiger partial charge in [0.25, 0.3) is 5.88 Å². The fourth-order valence-electron chi connectivity index (χ4n) is 1.37. The summed E-state index contributed by atoms with van der Waals surface area (Å²) < 4.78 is 4.84. The average Bonchev–Trinajstić information content (AvgIpc) is 2.39. The molecule has 0 unspecified atom stereocenters. The van der Waals surface area contributed by atoms with E-state index in [1.54, 1.807) is 6.92 Å². The maximum atomic E-state index is 11.0. The molecule has 0 aliphatic rings. The van der Waals surface area contributed by atoms with Gasteiger partial charge in [-0.2, -0.15) is 0 Å². The zero-order valence-corrected chi connectivity index (χ0v) is 10.5. The Bertz CT molecular complexity index is 596. The molecule has 1 aromatic rings. The van der Waals surface area contributed by atoms with Crippen molar-refractivity contribution in [2.24, 2.45) is 5.11 Å². The first-order valence-corrected chi connectivity index (χ1v) is 5.29. The second-order valence-corrected chi connectivity index (χ2v) is 3.42. The largest absolute Gasteiger partial charge is 0.476 e. The molecule has 0 radical (unpaired) electrons. The van der Waals surface area contributed by atoms with E-state index in [1.165, 1.54) is 13.3 Å². The summed E-state index contributed by atoms with van der Waals surface area (Å²) in [6.07, 6.45) is 1.80. The third-order valence-electron chi connectivity index (χ3n) is 2.27. The highest BCUT2D eigenvalue weighted by molar-refractivity contribution is 5.55. The van der Waals surface area contributed by atoms with Gasteiger partial charge < -0.3 is 4.74 Å². The molecule has 0 saturated carbocycles. The molecule has 8 nitrogen and oxygen atoms in total. The minimum absolute atomic E-state index is 0.0397. The molecular formula is C11H11N5O3. The van der Waals surface area contributed by atoms with Crippen molar-refractivity contribution in [2.75, 3.05) is 13.7 Å². The van der Waals surface area contributed by atoms with Gasteiger partial charge in [0.05, 0.1) is 17.6 Å². The molecule has 0 atom stereocenters. The average molecular weight is 261 g/mol. The minimum Gasteiger partial charge on any atom is -0.476 e. The molecule has 0 N–H and O–H groups in total. The zero-order chi connectivity index (χ0) is 14.3. The highest BCUT2D eigenvalue weighted by atomic mass is 16.6. The van der Waals surface area contributed by atoms with E-state index in [2.05, 4.69) is 26.9 Å². The molecule has 1 aromatic heterocycles. The number of aromatic nitrogens is 1. The number of hydrogen-bond acceptors (Lipinski definition) is 5. The summed E-state index contributed by atoms with van der Waals surface area (Å²) in [6, 6.07) is 0. The first-order valence-electron chi connectivity index (χ1n) is 5.29. The first-order chi connectivity index (χ1) is 9.11. The molecule has 19 heavy (non-hydrogen) atoms. The lowest BCUT2D eigenvalue weighted by molar-refractivity contribution is -0.386. The van der Waals surface area contributed by atoms with Crippen molar-refractivity contribution < 1.29 is 9.66 Å². The van der Waals surface area contributed by atoms with Crippen LogP contribution in [0.1, 0.15) is 17.5 Å². The van der Waals surface area contributed by atoms with Crippen molar-refractivity contribution in [1.29, 1.82) is 0 Å². The Morgan fingerprint density at radius 3 is 3.00 bits per heavy atom. The Morgan fingerprint density at radius 2 is 2.42 bits per heavy atom. The van der Waals surface area contributed by atoms with Crippen LogP contribution >= 0.6 is 0 Å². The van der Waals surface area contributed by atoms with Gasteiger partial charge in [-0.3, -0.25) is 10.1 Å². The first kappa shape index (κ1) is 14.3. The van der Waals surface area contributed by atoms with Crippen LogP contribution in [-0.2, 0) is 0 Å². The van der Waals surface area contributed by atoms with Crippen LogP contribution in [0, 0.1) is 28.9 Å². The summed E-state index contributed by atoms with van der Waals surface area (Å²) in [7, 11) is 1.32. The second kappa shape index (κ2) is 6.83. The van der Waals surface area contributed by atoms with E-state index in [-0.39, 0.29) is 18.1 Å². The lowest BCUT2D eigenvalue weighted by atomic mass is 10.1. The summed E-state index contributed by atoms with van der Waals surface area (Å²) in [5, 5.41) is 14.3. The van der Waals surface area contributed by atoms with Crippen molar-refractivity contribution in [3.05, 3.63) is 37.9 Å². The summed E-state index contributed by atoms with van der Waals surface area (Å²) in [4.78, 5) is 16.8. The second-order valence-electron chi connectivity index (χ2n) is 3.42. The number of ether oxygens (including phenoxy) is 1. The monoisotopic (exact) mass is 261 g/mol. The Kier molecular flexibility index (Phi) is 5.14. The molecule has 8 heteroatoms. The molecule has 0 amide bonds. The maximum Gasteiger partial charge on any atom is 0.335 e. The Hall–Kier alpha value is -2.78. The SMILES string of the molecule is COc1ncc(C#CCCN=[N+]=[N-])c(C)c1[N+](=O)[O-]. The predicted molar refractivity (Wildman–Crippen MR) is 67.7 cm³/mol. The summed E-state index contributed by atoms with van der Waals surface area (Å²) in [6.45, 7) is 1.84. The lowest BCUT2D eigenvalue weighted by Crippen LogP contribution is -2.00. The highest BCUT2D eigenvalue weighted by Gasteiger charge is 2.21. The smallest absolute Gasteiger partial charge is 0.335 e. The minimum atomic E-state index is -0.549. The van der Waals surface area contributed by atoms with Crippen LogP contribution in [-0.4, -0.2) is 23.6 Å². The van der Waals surface area contributed by atoms with Crippen LogP contribution in [0.25, 0.3) is 10.4 Å². The van der Waals surface area contributed by atoms with Crippen molar-refractivity contribution in [2.45, 2.75) is 13.3 Å². The van der Waals surface area contributed by atoms with E-state index in [9.17, 15) is 10.1 Å². The number of pyridine rings is 1. The van der Waals surface area contributed by atoms with E-state index < -0.39 is 4.92 Å². The number of methoxy groups -OCH3 is 1. The van der Waals surface area contributed by atoms with Gasteiger partial charge in [0, 0.05) is 29.6 Å². The molecular weight excluding hydrogens is 250 g/mol. The Morgan fingerprint density at radius 1 is 1.68 bits per heavy atom. The van der Waals surface area contributed by atoms with Crippen LogP contribution in [0.3, 0.4) is 0 Å². The normalized spacial score (nSPS) is 8.95. The molecule has 0 fully saturated rings. The fourth-order valence-corrected chi connectivity index (χ4v) is 1.37. The quantitative estimate of drug-likeness (QED) is 0.157. The highest BCUT2D eigenvalue weighted by Crippen LogP contribution is 2.29. The fraction of sp³-hybridized carbons (Fsp3) is 0.364. The van der Waals surface area contributed by atoms with Crippen molar-refractivity contribution in [3.63, 3.8) is 0 Å². The number of azide groups is 1. The van der Waals surface area contributed by atoms with Crippen LogP contribution in [0.5, 0.6) is 5.88 Å². The van der Waals surface area contributed by atoms with Crippen LogP contribution in [0.15, 0.2) is 11.3 Å². The molecule has 0 spiro atoms. The molecule has 98 valence electrons. The molecule has 1 rings (SSSR count). The lowest BCUT2D eigenvalue weighted by Gasteiger charge is -2.04. The maximum absolute atomic E-state index is 11.0. The van der Waals surface area contributed by atoms with Gasteiger partial charge in [-0.1, -0.05) is 17.0 Å². The Balaban J connectivity index is 3.07. The van der Waals surface area contributed by atoms with Gasteiger partial charge in [-0.05, 0) is 12.5 Å². The van der Waals surface area contributed by atoms with Crippen molar-refractivity contribution in [3.8, 4) is 17.7 Å². The standard InChI is InChI=1S/C11H11N5O3/c1-8-9(5-3-4-6-14-15-12)7-13-11(19-2)10(8)16(17)18/h7H,4,6H2,1-2H3. The predicted octanol–water partition coefficient (Wildman–Crippen LogP) is 2.36. The van der Waals surface area contributed by atoms with E-state index in [4.69, 9.17) is 10.3 Å². The number of hydrogen-bond donors (Lipinski definition) is 0. The topological polar surface area (TPSA) is 114 Å². The molecule has 0 aliphatic carbocycles. The third kappa shape index (κ3) is 3.59. The molecule has 0 saturated heterocycles. The van der Waals surface area contributed by atoms with E-state index in [1.807, 2.05) is 0 Å². The van der Waals surface area contributed by atoms with Gasteiger partial charge in [0.1, 0.15) is 0 Å². The zero-order valence-electron chi connectivity index (χ0n) is 10.5. The van der Waals surface area contributed by atoms with Gasteiger partial charge >= 0.3 is 5.69 Å². The molecule has 0 aromatic carbocycles. The van der Waals surface area contributed by atoms with E-state index >= 15 is 0 Å². The van der Waals surface area contributed by atoms with E-state index in [0.29, 0.717) is 17.5 Å².